The maximum atomic E-state index is 12.1. The predicted octanol–water partition coefficient (Wildman–Crippen LogP) is 2.02. The van der Waals surface area contributed by atoms with Gasteiger partial charge in [-0.2, -0.15) is 0 Å². The number of hydrogen-bond donors (Lipinski definition) is 3. The molecule has 2 aliphatic heterocycles. The third kappa shape index (κ3) is 5.47. The summed E-state index contributed by atoms with van der Waals surface area (Å²) in [6.45, 7) is 11.2. The minimum absolute atomic E-state index is 0.0278. The zero-order valence-corrected chi connectivity index (χ0v) is 13.9. The summed E-state index contributed by atoms with van der Waals surface area (Å²) in [5.74, 6) is 0.561. The topological polar surface area (TPSA) is 62.4 Å². The number of nitrogens with one attached hydrogen (secondary N) is 3. The fourth-order valence-electron chi connectivity index (χ4n) is 3.85. The van der Waals surface area contributed by atoms with Gasteiger partial charge in [-0.1, -0.05) is 0 Å². The first-order valence-electron chi connectivity index (χ1n) is 8.17. The molecule has 0 bridgehead atoms. The van der Waals surface area contributed by atoms with Gasteiger partial charge in [0.15, 0.2) is 0 Å². The summed E-state index contributed by atoms with van der Waals surface area (Å²) < 4.78 is 5.34. The zero-order valence-electron chi connectivity index (χ0n) is 13.9. The van der Waals surface area contributed by atoms with Gasteiger partial charge in [-0.15, -0.1) is 0 Å². The highest BCUT2D eigenvalue weighted by molar-refractivity contribution is 5.74. The second-order valence-electron chi connectivity index (χ2n) is 7.91. The monoisotopic (exact) mass is 297 g/mol. The molecule has 0 aliphatic carbocycles. The van der Waals surface area contributed by atoms with Crippen molar-refractivity contribution in [1.29, 1.82) is 0 Å². The van der Waals surface area contributed by atoms with Crippen LogP contribution in [0.3, 0.4) is 0 Å². The number of amides is 2. The van der Waals surface area contributed by atoms with Crippen molar-refractivity contribution in [2.75, 3.05) is 19.8 Å². The molecule has 0 aromatic carbocycles. The average Bonchev–Trinajstić information content (AvgIpc) is 2.33. The Balaban J connectivity index is 1.76. The van der Waals surface area contributed by atoms with Gasteiger partial charge in [0.25, 0.3) is 0 Å². The Morgan fingerprint density at radius 3 is 2.29 bits per heavy atom. The first-order chi connectivity index (χ1) is 9.76. The fourth-order valence-corrected chi connectivity index (χ4v) is 3.85. The Morgan fingerprint density at radius 2 is 1.71 bits per heavy atom. The van der Waals surface area contributed by atoms with Crippen LogP contribution in [0.4, 0.5) is 4.79 Å². The first kappa shape index (κ1) is 16.6. The van der Waals surface area contributed by atoms with E-state index in [-0.39, 0.29) is 23.2 Å². The van der Waals surface area contributed by atoms with E-state index in [9.17, 15) is 4.79 Å². The standard InChI is InChI=1S/C16H31N3O2/c1-15(2)9-13(10-16(3,4)19-15)18-14(20)17-11-12-5-7-21-8-6-12/h12-13,19H,5-11H2,1-4H3,(H2,17,18,20). The summed E-state index contributed by atoms with van der Waals surface area (Å²) in [4.78, 5) is 12.1. The van der Waals surface area contributed by atoms with Gasteiger partial charge in [-0.3, -0.25) is 0 Å². The van der Waals surface area contributed by atoms with Crippen molar-refractivity contribution in [1.82, 2.24) is 16.0 Å². The Morgan fingerprint density at radius 1 is 1.14 bits per heavy atom. The lowest BCUT2D eigenvalue weighted by Crippen LogP contribution is -2.62. The highest BCUT2D eigenvalue weighted by Gasteiger charge is 2.38. The van der Waals surface area contributed by atoms with Crippen molar-refractivity contribution in [3.05, 3.63) is 0 Å². The van der Waals surface area contributed by atoms with E-state index in [1.807, 2.05) is 0 Å². The van der Waals surface area contributed by atoms with Crippen molar-refractivity contribution < 1.29 is 9.53 Å². The van der Waals surface area contributed by atoms with Crippen molar-refractivity contribution in [3.63, 3.8) is 0 Å². The Hall–Kier alpha value is -0.810. The summed E-state index contributed by atoms with van der Waals surface area (Å²) in [6.07, 6.45) is 4.02. The molecule has 2 heterocycles. The molecule has 5 heteroatoms. The number of piperidine rings is 1. The predicted molar refractivity (Wildman–Crippen MR) is 84.4 cm³/mol. The number of urea groups is 1. The normalized spacial score (nSPS) is 26.3. The highest BCUT2D eigenvalue weighted by atomic mass is 16.5. The van der Waals surface area contributed by atoms with Gasteiger partial charge in [0, 0.05) is 36.9 Å². The van der Waals surface area contributed by atoms with Crippen LogP contribution in [0.5, 0.6) is 0 Å². The molecule has 0 atom stereocenters. The van der Waals surface area contributed by atoms with Crippen LogP contribution in [0.1, 0.15) is 53.4 Å². The molecular formula is C16H31N3O2. The van der Waals surface area contributed by atoms with E-state index in [0.29, 0.717) is 5.92 Å². The van der Waals surface area contributed by atoms with Crippen molar-refractivity contribution in [2.24, 2.45) is 5.92 Å². The molecule has 3 N–H and O–H groups in total. The highest BCUT2D eigenvalue weighted by Crippen LogP contribution is 2.28. The van der Waals surface area contributed by atoms with Crippen LogP contribution in [0.25, 0.3) is 0 Å². The summed E-state index contributed by atoms with van der Waals surface area (Å²) >= 11 is 0. The maximum Gasteiger partial charge on any atom is 0.315 e. The fraction of sp³-hybridized carbons (Fsp3) is 0.938. The molecule has 0 radical (unpaired) electrons. The molecule has 5 nitrogen and oxygen atoms in total. The van der Waals surface area contributed by atoms with E-state index >= 15 is 0 Å². The molecule has 122 valence electrons. The van der Waals surface area contributed by atoms with E-state index in [4.69, 9.17) is 4.74 Å². The van der Waals surface area contributed by atoms with E-state index < -0.39 is 0 Å². The maximum absolute atomic E-state index is 12.1. The quantitative estimate of drug-likeness (QED) is 0.747. The molecule has 0 saturated carbocycles. The van der Waals surface area contributed by atoms with Gasteiger partial charge in [-0.25, -0.2) is 4.79 Å². The van der Waals surface area contributed by atoms with E-state index in [0.717, 1.165) is 45.4 Å². The number of rotatable bonds is 3. The minimum Gasteiger partial charge on any atom is -0.381 e. The average molecular weight is 297 g/mol. The van der Waals surface area contributed by atoms with Crippen LogP contribution >= 0.6 is 0 Å². The first-order valence-corrected chi connectivity index (χ1v) is 8.17. The van der Waals surface area contributed by atoms with Crippen molar-refractivity contribution in [2.45, 2.75) is 70.5 Å². The third-order valence-corrected chi connectivity index (χ3v) is 4.42. The van der Waals surface area contributed by atoms with Crippen LogP contribution < -0.4 is 16.0 Å². The lowest BCUT2D eigenvalue weighted by molar-refractivity contribution is 0.0667. The van der Waals surface area contributed by atoms with E-state index in [2.05, 4.69) is 43.6 Å². The van der Waals surface area contributed by atoms with Gasteiger partial charge in [0.05, 0.1) is 0 Å². The molecule has 21 heavy (non-hydrogen) atoms. The number of carbonyl (C=O) groups is 1. The molecule has 2 fully saturated rings. The van der Waals surface area contributed by atoms with Gasteiger partial charge in [0.1, 0.15) is 0 Å². The van der Waals surface area contributed by atoms with E-state index in [1.165, 1.54) is 0 Å². The lowest BCUT2D eigenvalue weighted by Gasteiger charge is -2.46. The summed E-state index contributed by atoms with van der Waals surface area (Å²) in [7, 11) is 0. The number of hydrogen-bond acceptors (Lipinski definition) is 3. The van der Waals surface area contributed by atoms with Crippen LogP contribution in [-0.2, 0) is 4.74 Å². The van der Waals surface area contributed by atoms with Crippen LogP contribution in [-0.4, -0.2) is 42.9 Å². The molecule has 0 unspecified atom stereocenters. The van der Waals surface area contributed by atoms with Crippen LogP contribution in [0.2, 0.25) is 0 Å². The Bertz CT molecular complexity index is 347. The summed E-state index contributed by atoms with van der Waals surface area (Å²) in [6, 6.07) is 0.200. The summed E-state index contributed by atoms with van der Waals surface area (Å²) in [5, 5.41) is 9.81. The zero-order chi connectivity index (χ0) is 15.5. The van der Waals surface area contributed by atoms with Gasteiger partial charge < -0.3 is 20.7 Å². The van der Waals surface area contributed by atoms with Gasteiger partial charge >= 0.3 is 6.03 Å². The number of ether oxygens (including phenoxy) is 1. The SMILES string of the molecule is CC1(C)CC(NC(=O)NCC2CCOCC2)CC(C)(C)N1. The summed E-state index contributed by atoms with van der Waals surface area (Å²) in [5.41, 5.74) is 0.112. The largest absolute Gasteiger partial charge is 0.381 e. The molecular weight excluding hydrogens is 266 g/mol. The molecule has 0 aromatic heterocycles. The molecule has 2 rings (SSSR count). The Kier molecular flexibility index (Phi) is 5.15. The van der Waals surface area contributed by atoms with Gasteiger partial charge in [-0.05, 0) is 59.3 Å². The van der Waals surface area contributed by atoms with E-state index in [1.54, 1.807) is 0 Å². The molecule has 2 saturated heterocycles. The second-order valence-corrected chi connectivity index (χ2v) is 7.91. The van der Waals surface area contributed by atoms with Crippen LogP contribution in [0, 0.1) is 5.92 Å². The number of carbonyl (C=O) groups excluding carboxylic acids is 1. The third-order valence-electron chi connectivity index (χ3n) is 4.42. The lowest BCUT2D eigenvalue weighted by atomic mass is 9.80. The van der Waals surface area contributed by atoms with Crippen molar-refractivity contribution in [3.8, 4) is 0 Å². The minimum atomic E-state index is -0.0278. The van der Waals surface area contributed by atoms with Crippen LogP contribution in [0.15, 0.2) is 0 Å². The Labute approximate surface area is 128 Å². The van der Waals surface area contributed by atoms with Gasteiger partial charge in [0.2, 0.25) is 0 Å². The second kappa shape index (κ2) is 6.53. The smallest absolute Gasteiger partial charge is 0.315 e. The molecule has 0 spiro atoms. The van der Waals surface area contributed by atoms with Crippen molar-refractivity contribution >= 4 is 6.03 Å². The molecule has 0 aromatic rings. The molecule has 2 amide bonds. The molecule has 2 aliphatic rings.